The van der Waals surface area contributed by atoms with Crippen molar-refractivity contribution in [2.75, 3.05) is 31.3 Å². The van der Waals surface area contributed by atoms with Gasteiger partial charge in [0.15, 0.2) is 0 Å². The van der Waals surface area contributed by atoms with E-state index in [1.54, 1.807) is 26.2 Å². The lowest BCUT2D eigenvalue weighted by Gasteiger charge is -2.15. The number of nitrogens with one attached hydrogen (secondary N) is 2. The lowest BCUT2D eigenvalue weighted by molar-refractivity contribution is -0.121. The summed E-state index contributed by atoms with van der Waals surface area (Å²) in [6.07, 6.45) is 0. The van der Waals surface area contributed by atoms with Gasteiger partial charge < -0.3 is 21.1 Å². The molecule has 1 aromatic carbocycles. The van der Waals surface area contributed by atoms with Crippen LogP contribution in [0.3, 0.4) is 0 Å². The topological polar surface area (TPSA) is 76.4 Å². The van der Waals surface area contributed by atoms with Crippen molar-refractivity contribution < 1.29 is 9.53 Å². The smallest absolute Gasteiger partial charge is 0.242 e. The number of ether oxygens (including phenoxy) is 1. The first-order chi connectivity index (χ1) is 8.13. The first-order valence-electron chi connectivity index (χ1n) is 5.52. The largest absolute Gasteiger partial charge is 0.399 e. The second-order valence-corrected chi connectivity index (χ2v) is 3.78. The number of nitrogen functional groups attached to an aromatic ring is 1. The molecule has 1 aromatic rings. The molecule has 1 rings (SSSR count). The zero-order valence-electron chi connectivity index (χ0n) is 10.2. The Bertz CT molecular complexity index is 369. The molecule has 1 atom stereocenters. The number of nitrogens with two attached hydrogens (primary N) is 1. The van der Waals surface area contributed by atoms with Crippen molar-refractivity contribution in [2.24, 2.45) is 0 Å². The summed E-state index contributed by atoms with van der Waals surface area (Å²) in [4.78, 5) is 11.6. The zero-order valence-corrected chi connectivity index (χ0v) is 10.2. The van der Waals surface area contributed by atoms with Crippen LogP contribution in [-0.2, 0) is 9.53 Å². The molecule has 4 N–H and O–H groups in total. The third kappa shape index (κ3) is 4.74. The molecule has 0 aliphatic rings. The predicted molar refractivity (Wildman–Crippen MR) is 68.8 cm³/mol. The van der Waals surface area contributed by atoms with Crippen molar-refractivity contribution in [1.29, 1.82) is 0 Å². The van der Waals surface area contributed by atoms with Gasteiger partial charge in [0.25, 0.3) is 0 Å². The average molecular weight is 237 g/mol. The van der Waals surface area contributed by atoms with Gasteiger partial charge in [0, 0.05) is 25.0 Å². The molecule has 0 aliphatic carbocycles. The predicted octanol–water partition coefficient (Wildman–Crippen LogP) is 0.832. The number of anilines is 2. The molecule has 5 heteroatoms. The van der Waals surface area contributed by atoms with E-state index in [1.807, 2.05) is 12.1 Å². The molecule has 0 radical (unpaired) electrons. The Morgan fingerprint density at radius 3 is 2.94 bits per heavy atom. The van der Waals surface area contributed by atoms with Gasteiger partial charge in [-0.15, -0.1) is 0 Å². The first kappa shape index (κ1) is 13.3. The quantitative estimate of drug-likeness (QED) is 0.506. The minimum atomic E-state index is -0.311. The van der Waals surface area contributed by atoms with Crippen LogP contribution in [0.2, 0.25) is 0 Å². The summed E-state index contributed by atoms with van der Waals surface area (Å²) in [6, 6.07) is 6.99. The van der Waals surface area contributed by atoms with E-state index in [-0.39, 0.29) is 11.9 Å². The number of carbonyl (C=O) groups excluding carboxylic acids is 1. The lowest BCUT2D eigenvalue weighted by atomic mass is 10.2. The van der Waals surface area contributed by atoms with E-state index in [0.29, 0.717) is 18.8 Å². The molecule has 0 aliphatic heterocycles. The van der Waals surface area contributed by atoms with E-state index in [2.05, 4.69) is 10.6 Å². The van der Waals surface area contributed by atoms with E-state index in [9.17, 15) is 4.79 Å². The van der Waals surface area contributed by atoms with E-state index >= 15 is 0 Å². The van der Waals surface area contributed by atoms with Crippen LogP contribution in [0.25, 0.3) is 0 Å². The number of rotatable bonds is 6. The molecule has 0 spiro atoms. The number of hydrogen-bond donors (Lipinski definition) is 3. The SMILES string of the molecule is COCCNC(=O)C(C)Nc1cccc(N)c1. The number of amides is 1. The maximum Gasteiger partial charge on any atom is 0.242 e. The molecule has 0 fully saturated rings. The Hall–Kier alpha value is -1.75. The lowest BCUT2D eigenvalue weighted by Crippen LogP contribution is -2.39. The van der Waals surface area contributed by atoms with Gasteiger partial charge in [0.2, 0.25) is 5.91 Å². The highest BCUT2D eigenvalue weighted by molar-refractivity contribution is 5.84. The maximum absolute atomic E-state index is 11.6. The summed E-state index contributed by atoms with van der Waals surface area (Å²) < 4.78 is 4.85. The van der Waals surface area contributed by atoms with Gasteiger partial charge in [-0.2, -0.15) is 0 Å². The van der Waals surface area contributed by atoms with Crippen LogP contribution in [-0.4, -0.2) is 32.2 Å². The monoisotopic (exact) mass is 237 g/mol. The minimum absolute atomic E-state index is 0.0653. The summed E-state index contributed by atoms with van der Waals surface area (Å²) in [7, 11) is 1.60. The maximum atomic E-state index is 11.6. The highest BCUT2D eigenvalue weighted by atomic mass is 16.5. The van der Waals surface area contributed by atoms with Crippen molar-refractivity contribution in [3.8, 4) is 0 Å². The molecule has 0 bridgehead atoms. The molecule has 0 saturated carbocycles. The molecule has 0 saturated heterocycles. The molecule has 0 heterocycles. The fourth-order valence-corrected chi connectivity index (χ4v) is 1.37. The second kappa shape index (κ2) is 6.75. The number of carbonyl (C=O) groups is 1. The standard InChI is InChI=1S/C12H19N3O2/c1-9(12(16)14-6-7-17-2)15-11-5-3-4-10(13)8-11/h3-5,8-9,15H,6-7,13H2,1-2H3,(H,14,16). The van der Waals surface area contributed by atoms with Crippen LogP contribution in [0, 0.1) is 0 Å². The van der Waals surface area contributed by atoms with Gasteiger partial charge in [-0.05, 0) is 25.1 Å². The Labute approximate surface area is 101 Å². The molecule has 17 heavy (non-hydrogen) atoms. The van der Waals surface area contributed by atoms with Crippen LogP contribution in [0.5, 0.6) is 0 Å². The molecule has 94 valence electrons. The van der Waals surface area contributed by atoms with Gasteiger partial charge >= 0.3 is 0 Å². The first-order valence-corrected chi connectivity index (χ1v) is 5.52. The molecular formula is C12H19N3O2. The van der Waals surface area contributed by atoms with Gasteiger partial charge in [-0.1, -0.05) is 6.07 Å². The third-order valence-electron chi connectivity index (χ3n) is 2.27. The minimum Gasteiger partial charge on any atom is -0.399 e. The summed E-state index contributed by atoms with van der Waals surface area (Å²) in [6.45, 7) is 2.82. The summed E-state index contributed by atoms with van der Waals surface area (Å²) in [5.74, 6) is -0.0653. The van der Waals surface area contributed by atoms with Gasteiger partial charge in [-0.25, -0.2) is 0 Å². The molecule has 1 unspecified atom stereocenters. The van der Waals surface area contributed by atoms with E-state index in [4.69, 9.17) is 10.5 Å². The van der Waals surface area contributed by atoms with E-state index in [0.717, 1.165) is 5.69 Å². The van der Waals surface area contributed by atoms with Crippen molar-refractivity contribution in [3.05, 3.63) is 24.3 Å². The number of hydrogen-bond acceptors (Lipinski definition) is 4. The van der Waals surface area contributed by atoms with Gasteiger partial charge in [0.05, 0.1) is 6.61 Å². The number of methoxy groups -OCH3 is 1. The Morgan fingerprint density at radius 1 is 1.53 bits per heavy atom. The second-order valence-electron chi connectivity index (χ2n) is 3.78. The number of benzene rings is 1. The van der Waals surface area contributed by atoms with Crippen molar-refractivity contribution in [1.82, 2.24) is 5.32 Å². The van der Waals surface area contributed by atoms with Gasteiger partial charge in [-0.3, -0.25) is 4.79 Å². The van der Waals surface area contributed by atoms with Crippen molar-refractivity contribution >= 4 is 17.3 Å². The third-order valence-corrected chi connectivity index (χ3v) is 2.27. The van der Waals surface area contributed by atoms with Crippen molar-refractivity contribution in [2.45, 2.75) is 13.0 Å². The molecule has 1 amide bonds. The summed E-state index contributed by atoms with van der Waals surface area (Å²) in [5, 5.41) is 5.84. The molecule has 0 aromatic heterocycles. The highest BCUT2D eigenvalue weighted by Gasteiger charge is 2.11. The van der Waals surface area contributed by atoms with Crippen LogP contribution in [0.15, 0.2) is 24.3 Å². The Kier molecular flexibility index (Phi) is 5.29. The Balaban J connectivity index is 2.43. The fraction of sp³-hybridized carbons (Fsp3) is 0.417. The zero-order chi connectivity index (χ0) is 12.7. The summed E-state index contributed by atoms with van der Waals surface area (Å²) in [5.41, 5.74) is 7.15. The van der Waals surface area contributed by atoms with Gasteiger partial charge in [0.1, 0.15) is 6.04 Å². The van der Waals surface area contributed by atoms with Crippen LogP contribution < -0.4 is 16.4 Å². The molecule has 5 nitrogen and oxygen atoms in total. The van der Waals surface area contributed by atoms with Crippen molar-refractivity contribution in [3.63, 3.8) is 0 Å². The average Bonchev–Trinajstić information content (AvgIpc) is 2.29. The van der Waals surface area contributed by atoms with Crippen LogP contribution >= 0.6 is 0 Å². The molecular weight excluding hydrogens is 218 g/mol. The normalized spacial score (nSPS) is 11.9. The summed E-state index contributed by atoms with van der Waals surface area (Å²) >= 11 is 0. The van der Waals surface area contributed by atoms with E-state index in [1.165, 1.54) is 0 Å². The Morgan fingerprint density at radius 2 is 2.29 bits per heavy atom. The highest BCUT2D eigenvalue weighted by Crippen LogP contribution is 2.12. The van der Waals surface area contributed by atoms with Crippen LogP contribution in [0.1, 0.15) is 6.92 Å². The fourth-order valence-electron chi connectivity index (χ4n) is 1.37. The van der Waals surface area contributed by atoms with Crippen LogP contribution in [0.4, 0.5) is 11.4 Å². The van der Waals surface area contributed by atoms with E-state index < -0.39 is 0 Å².